The maximum absolute atomic E-state index is 10.6. The van der Waals surface area contributed by atoms with Crippen LogP contribution < -0.4 is 10.00 Å². The molecule has 0 aliphatic heterocycles. The van der Waals surface area contributed by atoms with Crippen LogP contribution >= 0.6 is 23.4 Å². The molecule has 0 saturated heterocycles. The Morgan fingerprint density at radius 2 is 2.00 bits per heavy atom. The van der Waals surface area contributed by atoms with Gasteiger partial charge in [-0.05, 0) is 6.07 Å². The predicted molar refractivity (Wildman–Crippen MR) is 70.0 cm³/mol. The van der Waals surface area contributed by atoms with E-state index in [9.17, 15) is 22.1 Å². The Kier molecular flexibility index (Phi) is 8.55. The van der Waals surface area contributed by atoms with Gasteiger partial charge in [0.2, 0.25) is 5.91 Å². The molecule has 1 N–H and O–H groups in total. The minimum absolute atomic E-state index is 0.00536. The number of rotatable bonds is 4. The van der Waals surface area contributed by atoms with E-state index in [-0.39, 0.29) is 5.91 Å². The summed E-state index contributed by atoms with van der Waals surface area (Å²) in [6, 6.07) is 3.66. The normalized spacial score (nSPS) is 10.6. The molecule has 0 fully saturated rings. The van der Waals surface area contributed by atoms with E-state index in [1.54, 1.807) is 22.5 Å². The van der Waals surface area contributed by atoms with Gasteiger partial charge in [-0.1, -0.05) is 28.0 Å². The number of hydrogen-bond acceptors (Lipinski definition) is 3. The van der Waals surface area contributed by atoms with E-state index < -0.39 is 7.25 Å². The molecular weight excluding hydrogens is 320 g/mol. The third-order valence-corrected chi connectivity index (χ3v) is 2.96. The van der Waals surface area contributed by atoms with Gasteiger partial charge in [-0.3, -0.25) is 4.79 Å². The summed E-state index contributed by atoms with van der Waals surface area (Å²) in [6.07, 6.45) is 0. The standard InChI is InChI=1S/C9H12ClN3OS.BF4/c1-7(14)11-5-6-15-9-4-3-8(10)12-13(9)2;2-1(3,4)5/h3-4H,5-6H2,1-2H3;/q;-1/p+1. The van der Waals surface area contributed by atoms with E-state index in [4.69, 9.17) is 11.6 Å². The molecule has 4 nitrogen and oxygen atoms in total. The first-order valence-corrected chi connectivity index (χ1v) is 6.73. The van der Waals surface area contributed by atoms with Gasteiger partial charge < -0.3 is 22.6 Å². The highest BCUT2D eigenvalue weighted by molar-refractivity contribution is 7.99. The van der Waals surface area contributed by atoms with Crippen LogP contribution in [0.2, 0.25) is 5.15 Å². The summed E-state index contributed by atoms with van der Waals surface area (Å²) in [5.41, 5.74) is 0. The average molecular weight is 334 g/mol. The van der Waals surface area contributed by atoms with Crippen molar-refractivity contribution in [3.05, 3.63) is 17.3 Å². The second kappa shape index (κ2) is 9.01. The first kappa shape index (κ1) is 19.0. The number of aryl methyl sites for hydroxylation is 1. The molecule has 0 aromatic carbocycles. The van der Waals surface area contributed by atoms with Gasteiger partial charge in [0.05, 0.1) is 0 Å². The van der Waals surface area contributed by atoms with Gasteiger partial charge in [-0.2, -0.15) is 0 Å². The topological polar surface area (TPSA) is 45.9 Å². The van der Waals surface area contributed by atoms with Crippen LogP contribution in [-0.4, -0.2) is 30.6 Å². The lowest BCUT2D eigenvalue weighted by Crippen LogP contribution is -2.35. The molecule has 0 aliphatic rings. The SMILES string of the molecule is CC(=O)NCCSc1ccc(Cl)n[n+]1C.F[B-](F)(F)F. The summed E-state index contributed by atoms with van der Waals surface area (Å²) in [5.74, 6) is 0.811. The summed E-state index contributed by atoms with van der Waals surface area (Å²) in [6.45, 7) is 2.16. The molecule has 0 spiro atoms. The zero-order chi connectivity index (χ0) is 15.8. The van der Waals surface area contributed by atoms with Crippen LogP contribution in [0.5, 0.6) is 0 Å². The maximum atomic E-state index is 10.6. The fourth-order valence-electron chi connectivity index (χ4n) is 0.998. The lowest BCUT2D eigenvalue weighted by Gasteiger charge is -2.00. The van der Waals surface area contributed by atoms with Crippen molar-refractivity contribution in [2.45, 2.75) is 11.9 Å². The van der Waals surface area contributed by atoms with Crippen molar-refractivity contribution in [1.29, 1.82) is 0 Å². The molecular formula is C9H13BClF4N3OS. The lowest BCUT2D eigenvalue weighted by molar-refractivity contribution is -0.765. The highest BCUT2D eigenvalue weighted by Crippen LogP contribution is 2.12. The van der Waals surface area contributed by atoms with Crippen molar-refractivity contribution < 1.29 is 26.7 Å². The number of thioether (sulfide) groups is 1. The number of nitrogens with zero attached hydrogens (tertiary/aromatic N) is 2. The van der Waals surface area contributed by atoms with Crippen LogP contribution in [-0.2, 0) is 11.8 Å². The number of hydrogen-bond donors (Lipinski definition) is 1. The van der Waals surface area contributed by atoms with Crippen LogP contribution in [0.3, 0.4) is 0 Å². The lowest BCUT2D eigenvalue weighted by atomic mass is 10.3. The minimum atomic E-state index is -6.00. The van der Waals surface area contributed by atoms with Crippen molar-refractivity contribution in [1.82, 2.24) is 10.4 Å². The Morgan fingerprint density at radius 3 is 2.45 bits per heavy atom. The Labute approximate surface area is 123 Å². The summed E-state index contributed by atoms with van der Waals surface area (Å²) in [5, 5.41) is 8.29. The van der Waals surface area contributed by atoms with Crippen molar-refractivity contribution in [3.8, 4) is 0 Å². The highest BCUT2D eigenvalue weighted by Gasteiger charge is 2.20. The number of amides is 1. The zero-order valence-corrected chi connectivity index (χ0v) is 12.3. The van der Waals surface area contributed by atoms with Crippen molar-refractivity contribution in [2.24, 2.45) is 7.05 Å². The molecule has 0 bridgehead atoms. The Bertz CT molecular complexity index is 444. The van der Waals surface area contributed by atoms with Crippen LogP contribution in [0.25, 0.3) is 0 Å². The van der Waals surface area contributed by atoms with E-state index in [0.29, 0.717) is 11.7 Å². The molecule has 0 atom stereocenters. The first-order valence-electron chi connectivity index (χ1n) is 5.37. The number of nitrogens with one attached hydrogen (secondary N) is 1. The fraction of sp³-hybridized carbons (Fsp3) is 0.444. The summed E-state index contributed by atoms with van der Waals surface area (Å²) in [7, 11) is -4.16. The van der Waals surface area contributed by atoms with Gasteiger partial charge in [-0.15, -0.1) is 0 Å². The Hall–Kier alpha value is -1.03. The van der Waals surface area contributed by atoms with E-state index in [0.717, 1.165) is 10.8 Å². The van der Waals surface area contributed by atoms with Crippen molar-refractivity contribution in [2.75, 3.05) is 12.3 Å². The molecule has 20 heavy (non-hydrogen) atoms. The summed E-state index contributed by atoms with van der Waals surface area (Å²) < 4.78 is 40.7. The predicted octanol–water partition coefficient (Wildman–Crippen LogP) is 2.09. The van der Waals surface area contributed by atoms with Gasteiger partial charge >= 0.3 is 7.25 Å². The molecule has 1 heterocycles. The van der Waals surface area contributed by atoms with E-state index in [2.05, 4.69) is 10.4 Å². The average Bonchev–Trinajstić information content (AvgIpc) is 2.24. The minimum Gasteiger partial charge on any atom is -0.418 e. The number of carbonyl (C=O) groups excluding carboxylic acids is 1. The third-order valence-electron chi connectivity index (χ3n) is 1.65. The van der Waals surface area contributed by atoms with Gasteiger partial charge in [0.15, 0.2) is 12.2 Å². The molecule has 0 saturated carbocycles. The molecule has 11 heteroatoms. The number of aromatic nitrogens is 2. The molecule has 0 aliphatic carbocycles. The second-order valence-corrected chi connectivity index (χ2v) is 4.95. The van der Waals surface area contributed by atoms with Gasteiger partial charge in [0.25, 0.3) is 5.03 Å². The van der Waals surface area contributed by atoms with Crippen LogP contribution in [0, 0.1) is 0 Å². The van der Waals surface area contributed by atoms with E-state index in [1.165, 1.54) is 6.92 Å². The van der Waals surface area contributed by atoms with Crippen molar-refractivity contribution in [3.63, 3.8) is 0 Å². The Morgan fingerprint density at radius 1 is 1.45 bits per heavy atom. The third kappa shape index (κ3) is 12.0. The molecule has 1 aromatic heterocycles. The second-order valence-electron chi connectivity index (χ2n) is 3.44. The van der Waals surface area contributed by atoms with E-state index in [1.807, 2.05) is 13.1 Å². The molecule has 0 unspecified atom stereocenters. The molecule has 1 amide bonds. The first-order chi connectivity index (χ1) is 9.09. The molecule has 1 rings (SSSR count). The smallest absolute Gasteiger partial charge is 0.418 e. The zero-order valence-electron chi connectivity index (χ0n) is 10.7. The molecule has 0 radical (unpaired) electrons. The highest BCUT2D eigenvalue weighted by atomic mass is 35.5. The summed E-state index contributed by atoms with van der Waals surface area (Å²) >= 11 is 7.35. The monoisotopic (exact) mass is 333 g/mol. The fourth-order valence-corrected chi connectivity index (χ4v) is 1.98. The molecule has 1 aromatic rings. The van der Waals surface area contributed by atoms with Crippen LogP contribution in [0.4, 0.5) is 17.3 Å². The molecule has 114 valence electrons. The van der Waals surface area contributed by atoms with Crippen molar-refractivity contribution >= 4 is 36.5 Å². The number of carbonyl (C=O) groups is 1. The number of halogens is 5. The quantitative estimate of drug-likeness (QED) is 0.302. The van der Waals surface area contributed by atoms with Crippen LogP contribution in [0.15, 0.2) is 17.2 Å². The van der Waals surface area contributed by atoms with Gasteiger partial charge in [0, 0.05) is 30.4 Å². The van der Waals surface area contributed by atoms with Crippen LogP contribution in [0.1, 0.15) is 6.92 Å². The summed E-state index contributed by atoms with van der Waals surface area (Å²) in [4.78, 5) is 10.6. The Balaban J connectivity index is 0.000000621. The van der Waals surface area contributed by atoms with Gasteiger partial charge in [-0.25, -0.2) is 0 Å². The van der Waals surface area contributed by atoms with E-state index >= 15 is 0 Å². The largest absolute Gasteiger partial charge is 0.673 e. The van der Waals surface area contributed by atoms with Gasteiger partial charge in [0.1, 0.15) is 0 Å². The maximum Gasteiger partial charge on any atom is 0.673 e.